The number of hydrogen-bond donors (Lipinski definition) is 3. The Hall–Kier alpha value is -2.27. The van der Waals surface area contributed by atoms with Crippen LogP contribution in [0.25, 0.3) is 0 Å². The van der Waals surface area contributed by atoms with Crippen molar-refractivity contribution in [3.8, 4) is 0 Å². The Morgan fingerprint density at radius 1 is 1.58 bits per heavy atom. The molecule has 2 aromatic heterocycles. The zero-order valence-electron chi connectivity index (χ0n) is 9.61. The molecule has 2 rings (SSSR count). The average Bonchev–Trinajstić information content (AvgIpc) is 2.95. The van der Waals surface area contributed by atoms with Crippen LogP contribution in [0, 0.1) is 6.92 Å². The van der Waals surface area contributed by atoms with E-state index in [2.05, 4.69) is 29.6 Å². The van der Waals surface area contributed by atoms with Crippen LogP contribution in [0.1, 0.15) is 22.0 Å². The number of nitrogens with one attached hydrogen (secondary N) is 2. The van der Waals surface area contributed by atoms with Crippen LogP contribution in [0.15, 0.2) is 15.8 Å². The summed E-state index contributed by atoms with van der Waals surface area (Å²) in [6, 6.07) is 0. The fourth-order valence-corrected chi connectivity index (χ4v) is 2.69. The molecular weight excluding hydrogens is 278 g/mol. The Morgan fingerprint density at radius 3 is 2.89 bits per heavy atom. The number of rotatable bonds is 5. The highest BCUT2D eigenvalue weighted by molar-refractivity contribution is 7.89. The van der Waals surface area contributed by atoms with Crippen molar-refractivity contribution in [2.45, 2.75) is 18.4 Å². The highest BCUT2D eigenvalue weighted by atomic mass is 32.2. The topological polar surface area (TPSA) is 151 Å². The van der Waals surface area contributed by atoms with E-state index in [9.17, 15) is 13.2 Å². The summed E-state index contributed by atoms with van der Waals surface area (Å²) in [6.07, 6.45) is 1.05. The van der Waals surface area contributed by atoms with Crippen LogP contribution < -0.4 is 4.72 Å². The SMILES string of the molecule is Cc1[nH]nc(C(=O)O)c1S(=O)(=O)NCc1ncon1. The normalized spacial score (nSPS) is 11.6. The number of carbonyl (C=O) groups is 1. The standard InChI is InChI=1S/C8H9N5O5S/c1-4-7(6(8(14)15)12-11-4)19(16,17)10-2-5-9-3-18-13-5/h3,10H,2H2,1H3,(H,11,12)(H,14,15). The van der Waals surface area contributed by atoms with Crippen LogP contribution in [0.5, 0.6) is 0 Å². The summed E-state index contributed by atoms with van der Waals surface area (Å²) in [5.41, 5.74) is -0.448. The van der Waals surface area contributed by atoms with E-state index in [1.807, 2.05) is 0 Å². The molecule has 2 aromatic rings. The molecule has 0 aliphatic rings. The van der Waals surface area contributed by atoms with Crippen molar-refractivity contribution in [3.05, 3.63) is 23.6 Å². The zero-order chi connectivity index (χ0) is 14.0. The lowest BCUT2D eigenvalue weighted by Gasteiger charge is -2.04. The van der Waals surface area contributed by atoms with E-state index in [1.165, 1.54) is 6.92 Å². The first kappa shape index (κ1) is 13.2. The van der Waals surface area contributed by atoms with Gasteiger partial charge in [-0.25, -0.2) is 17.9 Å². The number of H-pyrrole nitrogens is 1. The molecule has 0 saturated heterocycles. The number of sulfonamides is 1. The second-order valence-corrected chi connectivity index (χ2v) is 5.21. The Balaban J connectivity index is 2.29. The maximum atomic E-state index is 12.0. The number of aryl methyl sites for hydroxylation is 1. The minimum atomic E-state index is -4.05. The molecule has 0 saturated carbocycles. The minimum Gasteiger partial charge on any atom is -0.476 e. The number of aromatic nitrogens is 4. The second kappa shape index (κ2) is 4.78. The van der Waals surface area contributed by atoms with Gasteiger partial charge in [0.05, 0.1) is 12.2 Å². The Morgan fingerprint density at radius 2 is 2.32 bits per heavy atom. The van der Waals surface area contributed by atoms with Gasteiger partial charge in [0.15, 0.2) is 11.5 Å². The molecule has 0 aliphatic heterocycles. The van der Waals surface area contributed by atoms with Gasteiger partial charge >= 0.3 is 5.97 Å². The van der Waals surface area contributed by atoms with E-state index in [-0.39, 0.29) is 18.1 Å². The predicted molar refractivity (Wildman–Crippen MR) is 58.6 cm³/mol. The monoisotopic (exact) mass is 287 g/mol. The first-order valence-corrected chi connectivity index (χ1v) is 6.43. The van der Waals surface area contributed by atoms with Crippen molar-refractivity contribution in [3.63, 3.8) is 0 Å². The third kappa shape index (κ3) is 2.61. The molecule has 11 heteroatoms. The lowest BCUT2D eigenvalue weighted by molar-refractivity contribution is 0.0686. The fraction of sp³-hybridized carbons (Fsp3) is 0.250. The number of aromatic amines is 1. The molecule has 0 unspecified atom stereocenters. The third-order valence-electron chi connectivity index (χ3n) is 2.19. The summed E-state index contributed by atoms with van der Waals surface area (Å²) >= 11 is 0. The summed E-state index contributed by atoms with van der Waals surface area (Å²) in [6.45, 7) is 1.19. The van der Waals surface area contributed by atoms with Crippen molar-refractivity contribution in [1.82, 2.24) is 25.1 Å². The number of nitrogens with zero attached hydrogens (tertiary/aromatic N) is 3. The maximum Gasteiger partial charge on any atom is 0.357 e. The molecule has 0 spiro atoms. The van der Waals surface area contributed by atoms with Gasteiger partial charge in [-0.1, -0.05) is 5.16 Å². The molecule has 0 fully saturated rings. The van der Waals surface area contributed by atoms with Crippen LogP contribution in [0.3, 0.4) is 0 Å². The van der Waals surface area contributed by atoms with Crippen molar-refractivity contribution in [1.29, 1.82) is 0 Å². The fourth-order valence-electron chi connectivity index (χ4n) is 1.39. The lowest BCUT2D eigenvalue weighted by Crippen LogP contribution is -2.25. The predicted octanol–water partition coefficient (Wildman–Crippen LogP) is -0.722. The molecule has 0 aromatic carbocycles. The summed E-state index contributed by atoms with van der Waals surface area (Å²) in [4.78, 5) is 14.1. The number of carboxylic acids is 1. The van der Waals surface area contributed by atoms with Crippen LogP contribution >= 0.6 is 0 Å². The van der Waals surface area contributed by atoms with Crippen LogP contribution in [-0.4, -0.2) is 39.8 Å². The van der Waals surface area contributed by atoms with Gasteiger partial charge in [-0.05, 0) is 6.92 Å². The molecule has 19 heavy (non-hydrogen) atoms. The van der Waals surface area contributed by atoms with Gasteiger partial charge in [0.1, 0.15) is 4.90 Å². The molecule has 10 nitrogen and oxygen atoms in total. The van der Waals surface area contributed by atoms with Crippen LogP contribution in [0.2, 0.25) is 0 Å². The van der Waals surface area contributed by atoms with E-state index in [1.54, 1.807) is 0 Å². The van der Waals surface area contributed by atoms with E-state index >= 15 is 0 Å². The van der Waals surface area contributed by atoms with Crippen molar-refractivity contribution in [2.75, 3.05) is 0 Å². The maximum absolute atomic E-state index is 12.0. The first-order chi connectivity index (χ1) is 8.92. The van der Waals surface area contributed by atoms with E-state index in [0.29, 0.717) is 0 Å². The summed E-state index contributed by atoms with van der Waals surface area (Å²) < 4.78 is 30.6. The molecule has 2 heterocycles. The zero-order valence-corrected chi connectivity index (χ0v) is 10.4. The molecule has 0 bridgehead atoms. The molecule has 0 amide bonds. The minimum absolute atomic E-state index is 0.123. The quantitative estimate of drug-likeness (QED) is 0.651. The van der Waals surface area contributed by atoms with Gasteiger partial charge in [0, 0.05) is 0 Å². The molecule has 102 valence electrons. The van der Waals surface area contributed by atoms with Gasteiger partial charge in [-0.3, -0.25) is 5.10 Å². The summed E-state index contributed by atoms with van der Waals surface area (Å²) in [7, 11) is -4.05. The molecule has 0 aliphatic carbocycles. The molecular formula is C8H9N5O5S. The van der Waals surface area contributed by atoms with Crippen LogP contribution in [0.4, 0.5) is 0 Å². The molecule has 3 N–H and O–H groups in total. The third-order valence-corrected chi connectivity index (χ3v) is 3.75. The number of carboxylic acid groups (broad SMARTS) is 1. The molecule has 0 radical (unpaired) electrons. The summed E-state index contributed by atoms with van der Waals surface area (Å²) in [5.74, 6) is -1.31. The lowest BCUT2D eigenvalue weighted by atomic mass is 10.4. The van der Waals surface area contributed by atoms with E-state index < -0.39 is 26.6 Å². The summed E-state index contributed by atoms with van der Waals surface area (Å²) in [5, 5.41) is 18.1. The van der Waals surface area contributed by atoms with E-state index in [0.717, 1.165) is 6.39 Å². The Labute approximate surface area is 106 Å². The Kier molecular flexibility index (Phi) is 3.31. The van der Waals surface area contributed by atoms with E-state index in [4.69, 9.17) is 5.11 Å². The number of hydrogen-bond acceptors (Lipinski definition) is 7. The highest BCUT2D eigenvalue weighted by Gasteiger charge is 2.28. The Bertz CT molecular complexity index is 689. The smallest absolute Gasteiger partial charge is 0.357 e. The van der Waals surface area contributed by atoms with Gasteiger partial charge in [0.25, 0.3) is 0 Å². The van der Waals surface area contributed by atoms with Crippen molar-refractivity contribution in [2.24, 2.45) is 0 Å². The van der Waals surface area contributed by atoms with Gasteiger partial charge in [0.2, 0.25) is 16.4 Å². The van der Waals surface area contributed by atoms with Crippen LogP contribution in [-0.2, 0) is 16.6 Å². The number of aromatic carboxylic acids is 1. The highest BCUT2D eigenvalue weighted by Crippen LogP contribution is 2.17. The van der Waals surface area contributed by atoms with Crippen molar-refractivity contribution >= 4 is 16.0 Å². The second-order valence-electron chi connectivity index (χ2n) is 3.50. The van der Waals surface area contributed by atoms with Gasteiger partial charge in [-0.2, -0.15) is 10.1 Å². The van der Waals surface area contributed by atoms with Gasteiger partial charge in [-0.15, -0.1) is 0 Å². The van der Waals surface area contributed by atoms with Crippen molar-refractivity contribution < 1.29 is 22.8 Å². The average molecular weight is 287 g/mol. The first-order valence-electron chi connectivity index (χ1n) is 4.95. The molecule has 0 atom stereocenters. The van der Waals surface area contributed by atoms with Gasteiger partial charge < -0.3 is 9.63 Å². The largest absolute Gasteiger partial charge is 0.476 e.